The number of aromatic nitrogens is 1. The van der Waals surface area contributed by atoms with E-state index in [1.54, 1.807) is 29.6 Å². The number of thioether (sulfide) groups is 1. The number of hydrogen-bond acceptors (Lipinski definition) is 7. The van der Waals surface area contributed by atoms with Crippen molar-refractivity contribution in [2.75, 3.05) is 25.6 Å². The normalized spacial score (nSPS) is 14.7. The van der Waals surface area contributed by atoms with Crippen molar-refractivity contribution in [3.05, 3.63) is 67.8 Å². The molecule has 0 bridgehead atoms. The van der Waals surface area contributed by atoms with Crippen molar-refractivity contribution in [1.82, 2.24) is 9.47 Å². The van der Waals surface area contributed by atoms with Crippen molar-refractivity contribution < 1.29 is 9.53 Å². The van der Waals surface area contributed by atoms with Crippen LogP contribution in [0.1, 0.15) is 35.6 Å². The van der Waals surface area contributed by atoms with Crippen molar-refractivity contribution in [3.63, 3.8) is 0 Å². The first-order chi connectivity index (χ1) is 15.9. The van der Waals surface area contributed by atoms with E-state index in [0.717, 1.165) is 5.56 Å². The maximum atomic E-state index is 13.0. The monoisotopic (exact) mass is 482 g/mol. The van der Waals surface area contributed by atoms with Gasteiger partial charge in [0.15, 0.2) is 0 Å². The Kier molecular flexibility index (Phi) is 8.44. The van der Waals surface area contributed by atoms with Crippen LogP contribution in [0.25, 0.3) is 6.08 Å². The standard InChI is InChI=1S/C24H26N4O3S2/c1-4-27-21(26-15-17-9-6-5-7-10-17)18(16(2)19(14-25)22(27)29)13-20-23(30)28(24(32)33-20)11-8-12-31-3/h5-7,9-10,13,26H,4,8,11-12,15H2,1-3H3/b20-13+. The fourth-order valence-corrected chi connectivity index (χ4v) is 4.92. The molecule has 7 nitrogen and oxygen atoms in total. The number of nitrogens with one attached hydrogen (secondary N) is 1. The lowest BCUT2D eigenvalue weighted by Crippen LogP contribution is -2.29. The van der Waals surface area contributed by atoms with Crippen molar-refractivity contribution >= 4 is 46.1 Å². The SMILES string of the molecule is CCn1c(NCc2ccccc2)c(/C=C2/SC(=S)N(CCCOC)C2=O)c(C)c(C#N)c1=O. The topological polar surface area (TPSA) is 87.4 Å². The molecule has 172 valence electrons. The lowest BCUT2D eigenvalue weighted by atomic mass is 10.0. The fourth-order valence-electron chi connectivity index (χ4n) is 3.63. The number of methoxy groups -OCH3 is 1. The zero-order valence-electron chi connectivity index (χ0n) is 18.9. The number of nitriles is 1. The second-order valence-electron chi connectivity index (χ2n) is 7.44. The molecule has 1 amide bonds. The number of pyridine rings is 1. The van der Waals surface area contributed by atoms with Crippen LogP contribution in [0, 0.1) is 18.3 Å². The van der Waals surface area contributed by atoms with Gasteiger partial charge < -0.3 is 10.1 Å². The Morgan fingerprint density at radius 3 is 2.64 bits per heavy atom. The van der Waals surface area contributed by atoms with E-state index >= 15 is 0 Å². The molecule has 9 heteroatoms. The molecule has 1 N–H and O–H groups in total. The number of benzene rings is 1. The van der Waals surface area contributed by atoms with Crippen molar-refractivity contribution in [3.8, 4) is 6.07 Å². The van der Waals surface area contributed by atoms with Crippen LogP contribution in [0.5, 0.6) is 0 Å². The first kappa shape index (κ1) is 24.7. The minimum absolute atomic E-state index is 0.0731. The number of carbonyl (C=O) groups is 1. The molecule has 0 radical (unpaired) electrons. The Morgan fingerprint density at radius 1 is 1.27 bits per heavy atom. The number of anilines is 1. The van der Waals surface area contributed by atoms with E-state index in [1.807, 2.05) is 43.3 Å². The average Bonchev–Trinajstić information content (AvgIpc) is 3.08. The summed E-state index contributed by atoms with van der Waals surface area (Å²) in [5.41, 5.74) is 1.94. The third-order valence-corrected chi connectivity index (χ3v) is 6.75. The highest BCUT2D eigenvalue weighted by Gasteiger charge is 2.32. The highest BCUT2D eigenvalue weighted by atomic mass is 32.2. The van der Waals surface area contributed by atoms with Crippen LogP contribution in [0.2, 0.25) is 0 Å². The van der Waals surface area contributed by atoms with Gasteiger partial charge in [0.1, 0.15) is 21.8 Å². The van der Waals surface area contributed by atoms with Crippen LogP contribution in [-0.2, 0) is 22.6 Å². The molecular weight excluding hydrogens is 456 g/mol. The van der Waals surface area contributed by atoms with Crippen molar-refractivity contribution in [2.24, 2.45) is 0 Å². The van der Waals surface area contributed by atoms with Crippen LogP contribution < -0.4 is 10.9 Å². The molecule has 0 aliphatic carbocycles. The zero-order valence-corrected chi connectivity index (χ0v) is 20.5. The number of rotatable bonds is 9. The quantitative estimate of drug-likeness (QED) is 0.329. The van der Waals surface area contributed by atoms with E-state index in [4.69, 9.17) is 17.0 Å². The number of ether oxygens (including phenoxy) is 1. The minimum atomic E-state index is -0.350. The molecule has 1 aliphatic rings. The van der Waals surface area contributed by atoms with Gasteiger partial charge in [-0.1, -0.05) is 54.3 Å². The summed E-state index contributed by atoms with van der Waals surface area (Å²) in [4.78, 5) is 28.0. The lowest BCUT2D eigenvalue weighted by Gasteiger charge is -2.19. The third kappa shape index (κ3) is 5.36. The molecule has 33 heavy (non-hydrogen) atoms. The van der Waals surface area contributed by atoms with Crippen LogP contribution in [0.3, 0.4) is 0 Å². The predicted octanol–water partition coefficient (Wildman–Crippen LogP) is 3.90. The van der Waals surface area contributed by atoms with Crippen LogP contribution >= 0.6 is 24.0 Å². The van der Waals surface area contributed by atoms with Crippen LogP contribution in [-0.4, -0.2) is 40.0 Å². The lowest BCUT2D eigenvalue weighted by molar-refractivity contribution is -0.122. The smallest absolute Gasteiger partial charge is 0.270 e. The Hall–Kier alpha value is -2.93. The summed E-state index contributed by atoms with van der Waals surface area (Å²) in [5.74, 6) is 0.398. The number of thiocarbonyl (C=S) groups is 1. The third-order valence-electron chi connectivity index (χ3n) is 5.37. The van der Waals surface area contributed by atoms with E-state index in [9.17, 15) is 14.9 Å². The number of nitrogens with zero attached hydrogens (tertiary/aromatic N) is 3. The zero-order chi connectivity index (χ0) is 24.0. The first-order valence-electron chi connectivity index (χ1n) is 10.6. The Bertz CT molecular complexity index is 1180. The van der Waals surface area contributed by atoms with Gasteiger partial charge in [0.05, 0.1) is 4.91 Å². The molecule has 0 saturated carbocycles. The molecule has 1 saturated heterocycles. The summed E-state index contributed by atoms with van der Waals surface area (Å²) in [6.45, 7) is 5.47. The van der Waals surface area contributed by atoms with E-state index in [0.29, 0.717) is 58.8 Å². The van der Waals surface area contributed by atoms with Gasteiger partial charge in [0.2, 0.25) is 0 Å². The second kappa shape index (κ2) is 11.3. The Labute approximate surface area is 203 Å². The molecule has 0 unspecified atom stereocenters. The molecule has 0 atom stereocenters. The maximum absolute atomic E-state index is 13.0. The highest BCUT2D eigenvalue weighted by Crippen LogP contribution is 2.35. The Balaban J connectivity index is 2.06. The first-order valence-corrected chi connectivity index (χ1v) is 11.8. The molecule has 3 rings (SSSR count). The summed E-state index contributed by atoms with van der Waals surface area (Å²) < 4.78 is 7.11. The van der Waals surface area contributed by atoms with Gasteiger partial charge in [-0.05, 0) is 37.5 Å². The van der Waals surface area contributed by atoms with Crippen molar-refractivity contribution in [1.29, 1.82) is 5.26 Å². The average molecular weight is 483 g/mol. The van der Waals surface area contributed by atoms with Gasteiger partial charge in [-0.3, -0.25) is 19.1 Å². The summed E-state index contributed by atoms with van der Waals surface area (Å²) in [6, 6.07) is 11.9. The summed E-state index contributed by atoms with van der Waals surface area (Å²) in [6.07, 6.45) is 2.42. The van der Waals surface area contributed by atoms with Gasteiger partial charge in [-0.2, -0.15) is 5.26 Å². The van der Waals surface area contributed by atoms with E-state index in [-0.39, 0.29) is 17.0 Å². The largest absolute Gasteiger partial charge is 0.385 e. The summed E-state index contributed by atoms with van der Waals surface area (Å²) in [7, 11) is 1.62. The number of amides is 1. The summed E-state index contributed by atoms with van der Waals surface area (Å²) in [5, 5.41) is 13.0. The van der Waals surface area contributed by atoms with E-state index < -0.39 is 0 Å². The van der Waals surface area contributed by atoms with Crippen LogP contribution in [0.15, 0.2) is 40.0 Å². The van der Waals surface area contributed by atoms with Gasteiger partial charge in [-0.15, -0.1) is 0 Å². The highest BCUT2D eigenvalue weighted by molar-refractivity contribution is 8.26. The van der Waals surface area contributed by atoms with Gasteiger partial charge in [0.25, 0.3) is 11.5 Å². The molecule has 1 aromatic heterocycles. The van der Waals surface area contributed by atoms with Crippen molar-refractivity contribution in [2.45, 2.75) is 33.4 Å². The second-order valence-corrected chi connectivity index (χ2v) is 9.12. The van der Waals surface area contributed by atoms with Crippen LogP contribution in [0.4, 0.5) is 5.82 Å². The molecule has 2 aromatic rings. The van der Waals surface area contributed by atoms with Gasteiger partial charge in [-0.25, -0.2) is 0 Å². The number of carbonyl (C=O) groups excluding carboxylic acids is 1. The summed E-state index contributed by atoms with van der Waals surface area (Å²) >= 11 is 6.65. The Morgan fingerprint density at radius 2 is 2.00 bits per heavy atom. The van der Waals surface area contributed by atoms with E-state index in [1.165, 1.54) is 11.8 Å². The fraction of sp³-hybridized carbons (Fsp3) is 0.333. The minimum Gasteiger partial charge on any atom is -0.385 e. The van der Waals surface area contributed by atoms with E-state index in [2.05, 4.69) is 5.32 Å². The number of hydrogen-bond donors (Lipinski definition) is 1. The molecule has 2 heterocycles. The van der Waals surface area contributed by atoms with Gasteiger partial charge >= 0.3 is 0 Å². The molecule has 0 spiro atoms. The molecule has 1 fully saturated rings. The predicted molar refractivity (Wildman–Crippen MR) is 136 cm³/mol. The maximum Gasteiger partial charge on any atom is 0.270 e. The van der Waals surface area contributed by atoms with Gasteiger partial charge in [0, 0.05) is 38.9 Å². The molecular formula is C24H26N4O3S2. The molecule has 1 aliphatic heterocycles. The molecule has 1 aromatic carbocycles.